The highest BCUT2D eigenvalue weighted by molar-refractivity contribution is 5.40. The highest BCUT2D eigenvalue weighted by Crippen LogP contribution is 2.10. The highest BCUT2D eigenvalue weighted by atomic mass is 15.2. The molecule has 1 rings (SSSR count). The summed E-state index contributed by atoms with van der Waals surface area (Å²) in [5.41, 5.74) is 1.30. The molecule has 0 aliphatic carbocycles. The molecule has 0 amide bonds. The molecule has 4 nitrogen and oxygen atoms in total. The first-order valence-corrected chi connectivity index (χ1v) is 6.65. The lowest BCUT2D eigenvalue weighted by Crippen LogP contribution is -2.29. The topological polar surface area (TPSA) is 31.4 Å². The lowest BCUT2D eigenvalue weighted by Gasteiger charge is -2.21. The molecule has 18 heavy (non-hydrogen) atoms. The van der Waals surface area contributed by atoms with Gasteiger partial charge in [0.1, 0.15) is 5.82 Å². The minimum absolute atomic E-state index is 0.922. The van der Waals surface area contributed by atoms with Gasteiger partial charge in [-0.05, 0) is 44.8 Å². The maximum absolute atomic E-state index is 4.43. The molecule has 0 unspecified atom stereocenters. The molecule has 102 valence electrons. The van der Waals surface area contributed by atoms with Gasteiger partial charge in [0, 0.05) is 32.9 Å². The van der Waals surface area contributed by atoms with Gasteiger partial charge < -0.3 is 15.1 Å². The molecule has 1 N–H and O–H groups in total. The molecule has 0 aromatic carbocycles. The van der Waals surface area contributed by atoms with E-state index in [1.54, 1.807) is 0 Å². The van der Waals surface area contributed by atoms with Crippen LogP contribution in [0.4, 0.5) is 5.82 Å². The third-order valence-electron chi connectivity index (χ3n) is 2.84. The molecule has 4 heteroatoms. The first-order chi connectivity index (χ1) is 8.63. The number of hydrogen-bond donors (Lipinski definition) is 1. The Morgan fingerprint density at radius 3 is 2.67 bits per heavy atom. The first-order valence-electron chi connectivity index (χ1n) is 6.65. The van der Waals surface area contributed by atoms with Gasteiger partial charge >= 0.3 is 0 Å². The maximum atomic E-state index is 4.43. The smallest absolute Gasteiger partial charge is 0.128 e. The van der Waals surface area contributed by atoms with Gasteiger partial charge in [0.05, 0.1) is 0 Å². The van der Waals surface area contributed by atoms with Gasteiger partial charge in [-0.1, -0.05) is 6.92 Å². The van der Waals surface area contributed by atoms with Crippen molar-refractivity contribution >= 4 is 5.82 Å². The number of anilines is 1. The number of hydrogen-bond acceptors (Lipinski definition) is 4. The second-order valence-electron chi connectivity index (χ2n) is 4.92. The van der Waals surface area contributed by atoms with E-state index in [9.17, 15) is 0 Å². The molecule has 1 aromatic heterocycles. The number of nitrogens with zero attached hydrogens (tertiary/aromatic N) is 3. The molecule has 1 heterocycles. The van der Waals surface area contributed by atoms with E-state index in [1.165, 1.54) is 12.0 Å². The molecule has 0 saturated heterocycles. The van der Waals surface area contributed by atoms with E-state index >= 15 is 0 Å². The van der Waals surface area contributed by atoms with Crippen LogP contribution in [0.15, 0.2) is 18.3 Å². The van der Waals surface area contributed by atoms with Gasteiger partial charge in [0.2, 0.25) is 0 Å². The number of aromatic nitrogens is 1. The van der Waals surface area contributed by atoms with E-state index in [4.69, 9.17) is 0 Å². The van der Waals surface area contributed by atoms with Crippen LogP contribution < -0.4 is 10.2 Å². The van der Waals surface area contributed by atoms with Crippen LogP contribution in [0.1, 0.15) is 18.9 Å². The Labute approximate surface area is 111 Å². The minimum Gasteiger partial charge on any atom is -0.358 e. The molecule has 0 aliphatic rings. The zero-order valence-electron chi connectivity index (χ0n) is 12.1. The summed E-state index contributed by atoms with van der Waals surface area (Å²) in [5, 5.41) is 3.41. The van der Waals surface area contributed by atoms with Crippen LogP contribution in [0, 0.1) is 0 Å². The van der Waals surface area contributed by atoms with Gasteiger partial charge in [-0.15, -0.1) is 0 Å². The van der Waals surface area contributed by atoms with E-state index < -0.39 is 0 Å². The lowest BCUT2D eigenvalue weighted by atomic mass is 10.2. The molecule has 0 fully saturated rings. The van der Waals surface area contributed by atoms with E-state index in [1.807, 2.05) is 6.20 Å². The van der Waals surface area contributed by atoms with Crippen LogP contribution in [0.25, 0.3) is 0 Å². The molecule has 0 radical (unpaired) electrons. The standard InChI is InChI=1S/C14H26N4/c1-5-7-15-12-13-6-8-16-14(11-13)18(4)10-9-17(2)3/h6,8,11,15H,5,7,9-10,12H2,1-4H3. The number of nitrogens with one attached hydrogen (secondary N) is 1. The minimum atomic E-state index is 0.922. The zero-order chi connectivity index (χ0) is 13.4. The predicted molar refractivity (Wildman–Crippen MR) is 78.1 cm³/mol. The number of rotatable bonds is 8. The van der Waals surface area contributed by atoms with Crippen LogP contribution in [-0.2, 0) is 6.54 Å². The summed E-state index contributed by atoms with van der Waals surface area (Å²) >= 11 is 0. The fourth-order valence-corrected chi connectivity index (χ4v) is 1.65. The number of pyridine rings is 1. The van der Waals surface area contributed by atoms with Crippen molar-refractivity contribution in [2.75, 3.05) is 45.7 Å². The Hall–Kier alpha value is -1.13. The summed E-state index contributed by atoms with van der Waals surface area (Å²) in [4.78, 5) is 8.81. The first kappa shape index (κ1) is 14.9. The van der Waals surface area contributed by atoms with Gasteiger partial charge in [0.15, 0.2) is 0 Å². The average Bonchev–Trinajstić information content (AvgIpc) is 2.36. The van der Waals surface area contributed by atoms with Gasteiger partial charge in [-0.3, -0.25) is 0 Å². The molecule has 0 bridgehead atoms. The fourth-order valence-electron chi connectivity index (χ4n) is 1.65. The Morgan fingerprint density at radius 2 is 2.00 bits per heavy atom. The third kappa shape index (κ3) is 5.47. The molecule has 0 saturated carbocycles. The summed E-state index contributed by atoms with van der Waals surface area (Å²) < 4.78 is 0. The maximum Gasteiger partial charge on any atom is 0.128 e. The molecule has 1 aromatic rings. The Balaban J connectivity index is 2.52. The highest BCUT2D eigenvalue weighted by Gasteiger charge is 2.03. The van der Waals surface area contributed by atoms with Crippen molar-refractivity contribution in [3.8, 4) is 0 Å². The third-order valence-corrected chi connectivity index (χ3v) is 2.84. The Morgan fingerprint density at radius 1 is 1.22 bits per heavy atom. The summed E-state index contributed by atoms with van der Waals surface area (Å²) in [7, 11) is 6.27. The second kappa shape index (κ2) is 8.06. The van der Waals surface area contributed by atoms with Crippen LogP contribution in [0.2, 0.25) is 0 Å². The second-order valence-corrected chi connectivity index (χ2v) is 4.92. The zero-order valence-corrected chi connectivity index (χ0v) is 12.1. The van der Waals surface area contributed by atoms with Crippen LogP contribution >= 0.6 is 0 Å². The van der Waals surface area contributed by atoms with Crippen molar-refractivity contribution in [2.45, 2.75) is 19.9 Å². The lowest BCUT2D eigenvalue weighted by molar-refractivity contribution is 0.416. The SMILES string of the molecule is CCCNCc1ccnc(N(C)CCN(C)C)c1. The Kier molecular flexibility index (Phi) is 6.68. The summed E-state index contributed by atoms with van der Waals surface area (Å²) in [6, 6.07) is 4.24. The quantitative estimate of drug-likeness (QED) is 0.710. The normalized spacial score (nSPS) is 10.9. The number of likely N-dealkylation sites (N-methyl/N-ethyl adjacent to an activating group) is 2. The molecule has 0 atom stereocenters. The van der Waals surface area contributed by atoms with Crippen molar-refractivity contribution in [1.82, 2.24) is 15.2 Å². The average molecular weight is 250 g/mol. The molecular formula is C14H26N4. The van der Waals surface area contributed by atoms with Crippen molar-refractivity contribution in [3.63, 3.8) is 0 Å². The van der Waals surface area contributed by atoms with Crippen LogP contribution in [-0.4, -0.2) is 50.7 Å². The molecule has 0 spiro atoms. The van der Waals surface area contributed by atoms with Crippen molar-refractivity contribution < 1.29 is 0 Å². The van der Waals surface area contributed by atoms with E-state index in [2.05, 4.69) is 60.3 Å². The summed E-state index contributed by atoms with van der Waals surface area (Å²) in [6.07, 6.45) is 3.06. The predicted octanol–water partition coefficient (Wildman–Crippen LogP) is 1.58. The van der Waals surface area contributed by atoms with E-state index in [0.29, 0.717) is 0 Å². The van der Waals surface area contributed by atoms with Gasteiger partial charge in [-0.2, -0.15) is 0 Å². The summed E-state index contributed by atoms with van der Waals surface area (Å²) in [5.74, 6) is 1.05. The van der Waals surface area contributed by atoms with Crippen LogP contribution in [0.5, 0.6) is 0 Å². The largest absolute Gasteiger partial charge is 0.358 e. The van der Waals surface area contributed by atoms with Gasteiger partial charge in [0.25, 0.3) is 0 Å². The molecular weight excluding hydrogens is 224 g/mol. The van der Waals surface area contributed by atoms with Crippen molar-refractivity contribution in [3.05, 3.63) is 23.9 Å². The Bertz CT molecular complexity index is 338. The summed E-state index contributed by atoms with van der Waals surface area (Å²) in [6.45, 7) is 6.20. The van der Waals surface area contributed by atoms with Crippen molar-refractivity contribution in [1.29, 1.82) is 0 Å². The monoisotopic (exact) mass is 250 g/mol. The molecule has 0 aliphatic heterocycles. The van der Waals surface area contributed by atoms with Crippen LogP contribution in [0.3, 0.4) is 0 Å². The van der Waals surface area contributed by atoms with E-state index in [0.717, 1.165) is 32.0 Å². The fraction of sp³-hybridized carbons (Fsp3) is 0.643. The van der Waals surface area contributed by atoms with Crippen molar-refractivity contribution in [2.24, 2.45) is 0 Å². The van der Waals surface area contributed by atoms with E-state index in [-0.39, 0.29) is 0 Å². The van der Waals surface area contributed by atoms with Gasteiger partial charge in [-0.25, -0.2) is 4.98 Å².